The predicted molar refractivity (Wildman–Crippen MR) is 44.3 cm³/mol. The summed E-state index contributed by atoms with van der Waals surface area (Å²) >= 11 is 0. The maximum absolute atomic E-state index is 12.7. The summed E-state index contributed by atoms with van der Waals surface area (Å²) in [5.41, 5.74) is 0.241. The van der Waals surface area contributed by atoms with Gasteiger partial charge in [0, 0.05) is 20.2 Å². The lowest BCUT2D eigenvalue weighted by Gasteiger charge is -2.14. The number of hydrogen-bond acceptors (Lipinski definition) is 2. The highest BCUT2D eigenvalue weighted by atomic mass is 19.2. The summed E-state index contributed by atoms with van der Waals surface area (Å²) in [5, 5.41) is 0.674. The first kappa shape index (κ1) is 8.77. The minimum Gasteiger partial charge on any atom is -0.213 e. The quantitative estimate of drug-likeness (QED) is 0.629. The van der Waals surface area contributed by atoms with Crippen molar-refractivity contribution >= 4 is 11.4 Å². The van der Waals surface area contributed by atoms with Crippen LogP contribution < -0.4 is 10.2 Å². The number of nitrogens with zero attached hydrogens (tertiary/aromatic N) is 2. The van der Waals surface area contributed by atoms with E-state index in [4.69, 9.17) is 0 Å². The Kier molecular flexibility index (Phi) is 2.47. The Balaban J connectivity index is 3.09. The van der Waals surface area contributed by atoms with E-state index >= 15 is 0 Å². The second-order valence-electron chi connectivity index (χ2n) is 2.36. The van der Waals surface area contributed by atoms with Crippen molar-refractivity contribution in [2.45, 2.75) is 0 Å². The normalized spacial score (nSPS) is 9.67. The Morgan fingerprint density at radius 3 is 2.33 bits per heavy atom. The van der Waals surface area contributed by atoms with Gasteiger partial charge in [0.05, 0.1) is 5.69 Å². The van der Waals surface area contributed by atoms with Crippen LogP contribution in [-0.2, 0) is 0 Å². The van der Waals surface area contributed by atoms with E-state index in [1.165, 1.54) is 26.2 Å². The van der Waals surface area contributed by atoms with Gasteiger partial charge in [0.2, 0.25) is 0 Å². The zero-order valence-electron chi connectivity index (χ0n) is 6.88. The fourth-order valence-electron chi connectivity index (χ4n) is 0.915. The van der Waals surface area contributed by atoms with E-state index in [1.54, 1.807) is 6.07 Å². The van der Waals surface area contributed by atoms with Gasteiger partial charge in [0.25, 0.3) is 0 Å². The first-order valence-corrected chi connectivity index (χ1v) is 3.42. The Labute approximate surface area is 69.9 Å². The summed E-state index contributed by atoms with van der Waals surface area (Å²) in [6.45, 7) is 0. The number of halogens is 2. The number of hydrogen-bond donors (Lipinski definition) is 0. The molecule has 0 N–H and O–H groups in total. The molecule has 0 atom stereocenters. The molecule has 0 amide bonds. The highest BCUT2D eigenvalue weighted by molar-refractivity contribution is 5.67. The van der Waals surface area contributed by atoms with Gasteiger partial charge in [-0.3, -0.25) is 0 Å². The molecule has 0 aliphatic rings. The third-order valence-corrected chi connectivity index (χ3v) is 1.45. The third kappa shape index (κ3) is 1.64. The van der Waals surface area contributed by atoms with Crippen LogP contribution in [0.1, 0.15) is 0 Å². The van der Waals surface area contributed by atoms with E-state index in [0.717, 1.165) is 0 Å². The standard InChI is InChI=1S/C8H9F2N2/c1-11(9)7-5-3-4-6-8(7)12(2)10/h3-5H,1-2H3. The largest absolute Gasteiger partial charge is 0.213 e. The minimum absolute atomic E-state index is 0.0856. The van der Waals surface area contributed by atoms with Crippen molar-refractivity contribution in [2.24, 2.45) is 0 Å². The zero-order chi connectivity index (χ0) is 9.14. The van der Waals surface area contributed by atoms with Crippen LogP contribution in [0.2, 0.25) is 0 Å². The van der Waals surface area contributed by atoms with Crippen LogP contribution in [0.5, 0.6) is 0 Å². The van der Waals surface area contributed by atoms with Crippen molar-refractivity contribution in [3.63, 3.8) is 0 Å². The fourth-order valence-corrected chi connectivity index (χ4v) is 0.915. The van der Waals surface area contributed by atoms with Gasteiger partial charge in [-0.2, -0.15) is 0 Å². The number of rotatable bonds is 2. The number of anilines is 2. The fraction of sp³-hybridized carbons (Fsp3) is 0.250. The molecule has 1 rings (SSSR count). The molecule has 1 radical (unpaired) electrons. The molecule has 0 unspecified atom stereocenters. The first-order valence-electron chi connectivity index (χ1n) is 3.42. The summed E-state index contributed by atoms with van der Waals surface area (Å²) in [6.07, 6.45) is 0. The van der Waals surface area contributed by atoms with Gasteiger partial charge in [-0.05, 0) is 6.07 Å². The smallest absolute Gasteiger partial charge is 0.102 e. The molecule has 0 saturated carbocycles. The van der Waals surface area contributed by atoms with Crippen molar-refractivity contribution in [1.29, 1.82) is 0 Å². The van der Waals surface area contributed by atoms with Crippen LogP contribution in [0, 0.1) is 6.07 Å². The molecular formula is C8H9F2N2. The van der Waals surface area contributed by atoms with Crippen molar-refractivity contribution < 1.29 is 8.96 Å². The summed E-state index contributed by atoms with van der Waals surface area (Å²) in [7, 11) is 2.40. The molecule has 0 bridgehead atoms. The molecule has 0 aliphatic heterocycles. The minimum atomic E-state index is 0.0856. The van der Waals surface area contributed by atoms with Crippen LogP contribution in [0.15, 0.2) is 18.2 Å². The summed E-state index contributed by atoms with van der Waals surface area (Å²) in [6, 6.07) is 7.18. The molecule has 1 aromatic rings. The van der Waals surface area contributed by atoms with Crippen LogP contribution >= 0.6 is 0 Å². The molecule has 65 valence electrons. The van der Waals surface area contributed by atoms with Crippen molar-refractivity contribution in [3.05, 3.63) is 24.3 Å². The lowest BCUT2D eigenvalue weighted by atomic mass is 10.2. The van der Waals surface area contributed by atoms with Gasteiger partial charge in [0.15, 0.2) is 0 Å². The predicted octanol–water partition coefficient (Wildman–Crippen LogP) is 2.13. The SMILES string of the molecule is CN(F)c1[c]cccc1N(C)F. The topological polar surface area (TPSA) is 6.48 Å². The van der Waals surface area contributed by atoms with Gasteiger partial charge >= 0.3 is 0 Å². The number of benzene rings is 1. The van der Waals surface area contributed by atoms with Crippen molar-refractivity contribution in [1.82, 2.24) is 0 Å². The molecule has 0 saturated heterocycles. The molecule has 2 nitrogen and oxygen atoms in total. The molecule has 0 fully saturated rings. The number of para-hydroxylation sites is 1. The van der Waals surface area contributed by atoms with Gasteiger partial charge in [0.1, 0.15) is 5.69 Å². The Morgan fingerprint density at radius 2 is 1.92 bits per heavy atom. The van der Waals surface area contributed by atoms with Crippen molar-refractivity contribution in [2.75, 3.05) is 24.3 Å². The second-order valence-corrected chi connectivity index (χ2v) is 2.36. The summed E-state index contributed by atoms with van der Waals surface area (Å²) < 4.78 is 25.3. The van der Waals surface area contributed by atoms with E-state index in [-0.39, 0.29) is 11.4 Å². The zero-order valence-corrected chi connectivity index (χ0v) is 6.88. The maximum Gasteiger partial charge on any atom is 0.102 e. The molecule has 4 heteroatoms. The van der Waals surface area contributed by atoms with E-state index in [9.17, 15) is 8.96 Å². The molecule has 0 aliphatic carbocycles. The second kappa shape index (κ2) is 3.38. The third-order valence-electron chi connectivity index (χ3n) is 1.45. The van der Waals surface area contributed by atoms with E-state index in [1.807, 2.05) is 0 Å². The first-order chi connectivity index (χ1) is 5.63. The Bertz CT molecular complexity index is 234. The van der Waals surface area contributed by atoms with E-state index in [2.05, 4.69) is 6.07 Å². The van der Waals surface area contributed by atoms with E-state index < -0.39 is 0 Å². The van der Waals surface area contributed by atoms with Crippen LogP contribution in [-0.4, -0.2) is 14.1 Å². The highest BCUT2D eigenvalue weighted by Crippen LogP contribution is 2.27. The van der Waals surface area contributed by atoms with Gasteiger partial charge in [-0.1, -0.05) is 12.1 Å². The average molecular weight is 171 g/mol. The highest BCUT2D eigenvalue weighted by Gasteiger charge is 2.09. The molecule has 0 spiro atoms. The van der Waals surface area contributed by atoms with Crippen LogP contribution in [0.4, 0.5) is 20.3 Å². The van der Waals surface area contributed by atoms with Crippen molar-refractivity contribution in [3.8, 4) is 0 Å². The molecule has 1 aromatic carbocycles. The van der Waals surface area contributed by atoms with E-state index in [0.29, 0.717) is 10.2 Å². The monoisotopic (exact) mass is 171 g/mol. The average Bonchev–Trinajstić information content (AvgIpc) is 2.04. The molecule has 0 heterocycles. The van der Waals surface area contributed by atoms with Gasteiger partial charge in [-0.15, -0.1) is 8.96 Å². The Hall–Kier alpha value is -1.32. The lowest BCUT2D eigenvalue weighted by Crippen LogP contribution is -2.10. The lowest BCUT2D eigenvalue weighted by molar-refractivity contribution is 0.456. The van der Waals surface area contributed by atoms with Crippen LogP contribution in [0.3, 0.4) is 0 Å². The summed E-state index contributed by atoms with van der Waals surface area (Å²) in [5.74, 6) is 0. The molecule has 12 heavy (non-hydrogen) atoms. The Morgan fingerprint density at radius 1 is 1.25 bits per heavy atom. The summed E-state index contributed by atoms with van der Waals surface area (Å²) in [4.78, 5) is 0. The van der Waals surface area contributed by atoms with Crippen LogP contribution in [0.25, 0.3) is 0 Å². The van der Waals surface area contributed by atoms with Gasteiger partial charge < -0.3 is 0 Å². The maximum atomic E-state index is 12.7. The molecular weight excluding hydrogens is 162 g/mol. The van der Waals surface area contributed by atoms with Gasteiger partial charge in [-0.25, -0.2) is 10.2 Å². The molecule has 0 aromatic heterocycles.